The van der Waals surface area contributed by atoms with Crippen LogP contribution in [0.15, 0.2) is 18.2 Å². The number of nitrogens with zero attached hydrogens (tertiary/aromatic N) is 4. The van der Waals surface area contributed by atoms with E-state index in [0.717, 1.165) is 32.5 Å². The van der Waals surface area contributed by atoms with E-state index < -0.39 is 5.82 Å². The molecule has 0 radical (unpaired) electrons. The summed E-state index contributed by atoms with van der Waals surface area (Å²) in [6.45, 7) is 7.46. The van der Waals surface area contributed by atoms with E-state index in [1.54, 1.807) is 19.2 Å². The van der Waals surface area contributed by atoms with Gasteiger partial charge in [-0.05, 0) is 50.3 Å². The van der Waals surface area contributed by atoms with Crippen molar-refractivity contribution in [2.45, 2.75) is 51.0 Å². The van der Waals surface area contributed by atoms with E-state index in [1.165, 1.54) is 45.3 Å². The predicted molar refractivity (Wildman–Crippen MR) is 169 cm³/mol. The highest BCUT2D eigenvalue weighted by atomic mass is 19.1. The van der Waals surface area contributed by atoms with Gasteiger partial charge in [0.1, 0.15) is 0 Å². The number of hydrogen-bond acceptors (Lipinski definition) is 12. The molecule has 1 aliphatic heterocycles. The SMILES string of the molecule is COCCOCCOCCOCCN1CCCC1CNc1nc(NCC2CCCCC2)nc(Nc2ccc(OC)c(F)c2)n1. The number of anilines is 4. The van der Waals surface area contributed by atoms with Crippen LogP contribution in [0.25, 0.3) is 0 Å². The molecule has 246 valence electrons. The van der Waals surface area contributed by atoms with Crippen LogP contribution < -0.4 is 20.7 Å². The van der Waals surface area contributed by atoms with E-state index in [2.05, 4.69) is 35.8 Å². The minimum atomic E-state index is -0.457. The molecule has 1 aromatic carbocycles. The third-order valence-electron chi connectivity index (χ3n) is 8.01. The van der Waals surface area contributed by atoms with Crippen LogP contribution in [0.1, 0.15) is 44.9 Å². The number of likely N-dealkylation sites (tertiary alicyclic amines) is 1. The number of halogens is 1. The summed E-state index contributed by atoms with van der Waals surface area (Å²) >= 11 is 0. The minimum absolute atomic E-state index is 0.183. The number of aromatic nitrogens is 3. The molecule has 2 aliphatic rings. The molecule has 1 aromatic heterocycles. The third kappa shape index (κ3) is 11.9. The molecule has 0 amide bonds. The Balaban J connectivity index is 1.26. The second kappa shape index (κ2) is 19.5. The number of benzene rings is 1. The average molecular weight is 620 g/mol. The first kappa shape index (κ1) is 34.0. The Bertz CT molecular complexity index is 1100. The summed E-state index contributed by atoms with van der Waals surface area (Å²) in [5, 5.41) is 9.99. The van der Waals surface area contributed by atoms with Gasteiger partial charge in [-0.3, -0.25) is 4.90 Å². The Morgan fingerprint density at radius 3 is 2.11 bits per heavy atom. The zero-order valence-corrected chi connectivity index (χ0v) is 26.3. The van der Waals surface area contributed by atoms with Gasteiger partial charge in [-0.25, -0.2) is 4.39 Å². The summed E-state index contributed by atoms with van der Waals surface area (Å²) in [6, 6.07) is 5.03. The molecule has 2 heterocycles. The summed E-state index contributed by atoms with van der Waals surface area (Å²) in [5.41, 5.74) is 0.529. The highest BCUT2D eigenvalue weighted by Crippen LogP contribution is 2.25. The molecule has 13 heteroatoms. The van der Waals surface area contributed by atoms with E-state index in [1.807, 2.05) is 0 Å². The first-order valence-electron chi connectivity index (χ1n) is 15.9. The van der Waals surface area contributed by atoms with Gasteiger partial charge in [0.15, 0.2) is 11.6 Å². The Morgan fingerprint density at radius 1 is 0.773 bits per heavy atom. The molecule has 1 atom stereocenters. The van der Waals surface area contributed by atoms with Crippen molar-refractivity contribution < 1.29 is 28.1 Å². The second-order valence-electron chi connectivity index (χ2n) is 11.2. The predicted octanol–water partition coefficient (Wildman–Crippen LogP) is 4.33. The Labute approximate surface area is 260 Å². The van der Waals surface area contributed by atoms with Crippen molar-refractivity contribution in [1.82, 2.24) is 19.9 Å². The van der Waals surface area contributed by atoms with Crippen molar-refractivity contribution in [1.29, 1.82) is 0 Å². The van der Waals surface area contributed by atoms with Gasteiger partial charge in [-0.1, -0.05) is 19.3 Å². The van der Waals surface area contributed by atoms with E-state index in [-0.39, 0.29) is 5.75 Å². The summed E-state index contributed by atoms with van der Waals surface area (Å²) in [4.78, 5) is 16.3. The van der Waals surface area contributed by atoms with Crippen LogP contribution in [0.3, 0.4) is 0 Å². The highest BCUT2D eigenvalue weighted by Gasteiger charge is 2.24. The fraction of sp³-hybridized carbons (Fsp3) is 0.710. The van der Waals surface area contributed by atoms with Crippen molar-refractivity contribution in [3.05, 3.63) is 24.0 Å². The molecule has 12 nitrogen and oxygen atoms in total. The third-order valence-corrected chi connectivity index (χ3v) is 8.01. The van der Waals surface area contributed by atoms with E-state index in [4.69, 9.17) is 23.7 Å². The lowest BCUT2D eigenvalue weighted by atomic mass is 9.89. The van der Waals surface area contributed by atoms with Crippen molar-refractivity contribution in [2.24, 2.45) is 5.92 Å². The zero-order valence-electron chi connectivity index (χ0n) is 26.3. The number of ether oxygens (including phenoxy) is 5. The lowest BCUT2D eigenvalue weighted by Gasteiger charge is -2.25. The van der Waals surface area contributed by atoms with Crippen LogP contribution in [0, 0.1) is 11.7 Å². The van der Waals surface area contributed by atoms with Gasteiger partial charge >= 0.3 is 0 Å². The standard InChI is InChI=1S/C31H50FN7O5/c1-40-15-16-43-19-20-44-18-17-42-14-13-39-12-6-9-26(39)23-34-30-36-29(33-22-24-7-4-3-5-8-24)37-31(38-30)35-25-10-11-28(41-2)27(32)21-25/h10-11,21,24,26H,3-9,12-20,22-23H2,1-2H3,(H3,33,34,35,36,37,38). The molecule has 0 spiro atoms. The topological polar surface area (TPSA) is 124 Å². The maximum absolute atomic E-state index is 14.3. The molecular weight excluding hydrogens is 569 g/mol. The van der Waals surface area contributed by atoms with Gasteiger partial charge < -0.3 is 39.6 Å². The van der Waals surface area contributed by atoms with Crippen LogP contribution >= 0.6 is 0 Å². The van der Waals surface area contributed by atoms with Gasteiger partial charge in [-0.15, -0.1) is 0 Å². The summed E-state index contributed by atoms with van der Waals surface area (Å²) in [7, 11) is 3.10. The summed E-state index contributed by atoms with van der Waals surface area (Å²) in [5.74, 6) is 1.67. The smallest absolute Gasteiger partial charge is 0.233 e. The lowest BCUT2D eigenvalue weighted by Crippen LogP contribution is -2.37. The Kier molecular flexibility index (Phi) is 15.1. The molecule has 1 saturated heterocycles. The maximum atomic E-state index is 14.3. The molecule has 4 rings (SSSR count). The van der Waals surface area contributed by atoms with E-state index >= 15 is 0 Å². The van der Waals surface area contributed by atoms with E-state index in [0.29, 0.717) is 88.3 Å². The highest BCUT2D eigenvalue weighted by molar-refractivity contribution is 5.57. The average Bonchev–Trinajstić information content (AvgIpc) is 3.49. The van der Waals surface area contributed by atoms with Crippen LogP contribution in [-0.4, -0.2) is 113 Å². The molecule has 3 N–H and O–H groups in total. The van der Waals surface area contributed by atoms with Crippen molar-refractivity contribution in [2.75, 3.05) is 103 Å². The van der Waals surface area contributed by atoms with Crippen LogP contribution in [-0.2, 0) is 18.9 Å². The number of nitrogens with one attached hydrogen (secondary N) is 3. The first-order valence-corrected chi connectivity index (χ1v) is 15.9. The van der Waals surface area contributed by atoms with Gasteiger partial charge in [-0.2, -0.15) is 15.0 Å². The molecule has 1 saturated carbocycles. The molecule has 2 fully saturated rings. The number of methoxy groups -OCH3 is 2. The molecule has 1 aliphatic carbocycles. The lowest BCUT2D eigenvalue weighted by molar-refractivity contribution is 0.000793. The van der Waals surface area contributed by atoms with Gasteiger partial charge in [0, 0.05) is 44.5 Å². The monoisotopic (exact) mass is 619 g/mol. The first-order chi connectivity index (χ1) is 21.6. The van der Waals surface area contributed by atoms with E-state index in [9.17, 15) is 4.39 Å². The summed E-state index contributed by atoms with van der Waals surface area (Å²) < 4.78 is 41.1. The van der Waals surface area contributed by atoms with Gasteiger partial charge in [0.2, 0.25) is 17.8 Å². The number of rotatable bonds is 21. The molecule has 1 unspecified atom stereocenters. The van der Waals surface area contributed by atoms with Crippen LogP contribution in [0.4, 0.5) is 27.9 Å². The maximum Gasteiger partial charge on any atom is 0.233 e. The van der Waals surface area contributed by atoms with Crippen molar-refractivity contribution in [3.63, 3.8) is 0 Å². The Hall–Kier alpha value is -2.84. The zero-order chi connectivity index (χ0) is 30.8. The molecule has 2 aromatic rings. The molecule has 0 bridgehead atoms. The summed E-state index contributed by atoms with van der Waals surface area (Å²) in [6.07, 6.45) is 8.53. The number of hydrogen-bond donors (Lipinski definition) is 3. The van der Waals surface area contributed by atoms with Crippen molar-refractivity contribution in [3.8, 4) is 5.75 Å². The van der Waals surface area contributed by atoms with Crippen LogP contribution in [0.2, 0.25) is 0 Å². The van der Waals surface area contributed by atoms with Crippen molar-refractivity contribution >= 4 is 23.5 Å². The van der Waals surface area contributed by atoms with Gasteiger partial charge in [0.05, 0.1) is 53.4 Å². The molecule has 44 heavy (non-hydrogen) atoms. The fourth-order valence-corrected chi connectivity index (χ4v) is 5.59. The fourth-order valence-electron chi connectivity index (χ4n) is 5.59. The normalized spacial score (nSPS) is 17.6. The largest absolute Gasteiger partial charge is 0.494 e. The van der Waals surface area contributed by atoms with Gasteiger partial charge in [0.25, 0.3) is 0 Å². The minimum Gasteiger partial charge on any atom is -0.494 e. The second-order valence-corrected chi connectivity index (χ2v) is 11.2. The Morgan fingerprint density at radius 2 is 1.43 bits per heavy atom. The quantitative estimate of drug-likeness (QED) is 0.172. The van der Waals surface area contributed by atoms with Crippen LogP contribution in [0.5, 0.6) is 5.75 Å². The molecular formula is C31H50FN7O5.